The lowest BCUT2D eigenvalue weighted by molar-refractivity contribution is 0.412. The molecule has 0 saturated carbocycles. The zero-order valence-electron chi connectivity index (χ0n) is 32.0. The van der Waals surface area contributed by atoms with Crippen LogP contribution < -0.4 is 9.47 Å². The number of pyridine rings is 5. The molecule has 0 amide bonds. The number of hydrogen-bond donors (Lipinski definition) is 0. The van der Waals surface area contributed by atoms with Crippen LogP contribution in [0.3, 0.4) is 0 Å². The van der Waals surface area contributed by atoms with Gasteiger partial charge in [-0.2, -0.15) is 5.26 Å². The highest BCUT2D eigenvalue weighted by Crippen LogP contribution is 2.41. The summed E-state index contributed by atoms with van der Waals surface area (Å²) in [6.07, 6.45) is 16.2. The van der Waals surface area contributed by atoms with Crippen LogP contribution in [0.15, 0.2) is 60.7 Å². The van der Waals surface area contributed by atoms with E-state index in [0.29, 0.717) is 58.6 Å². The van der Waals surface area contributed by atoms with Gasteiger partial charge in [0.2, 0.25) is 0 Å². The van der Waals surface area contributed by atoms with Gasteiger partial charge in [-0.3, -0.25) is 0 Å². The molecule has 0 aromatic carbocycles. The first-order valence-electron chi connectivity index (χ1n) is 18.0. The maximum atomic E-state index is 8.87. The van der Waals surface area contributed by atoms with Crippen molar-refractivity contribution in [1.29, 1.82) is 5.26 Å². The quantitative estimate of drug-likeness (QED) is 0.127. The number of allylic oxidation sites excluding steroid dienone is 6. The monoisotopic (exact) mass is 1320 g/mol. The van der Waals surface area contributed by atoms with Crippen molar-refractivity contribution in [3.8, 4) is 17.6 Å². The van der Waals surface area contributed by atoms with Gasteiger partial charge in [-0.15, -0.1) is 0 Å². The number of ether oxygens (including phenoxy) is 2. The zero-order valence-corrected chi connectivity index (χ0v) is 44.6. The molecule has 5 aromatic rings. The smallest absolute Gasteiger partial charge is 0.133 e. The third-order valence-electron chi connectivity index (χ3n) is 9.20. The second-order valence-electron chi connectivity index (χ2n) is 13.0. The topological polar surface area (TPSA) is 107 Å². The number of halogens is 11. The van der Waals surface area contributed by atoms with Gasteiger partial charge in [0, 0.05) is 71.7 Å². The minimum absolute atomic E-state index is 0.396. The number of nitriles is 1. The molecule has 5 aliphatic carbocycles. The Hall–Kier alpha value is -1.95. The average Bonchev–Trinajstić information content (AvgIpc) is 4.07. The highest BCUT2D eigenvalue weighted by Gasteiger charge is 2.22. The molecule has 0 unspecified atom stereocenters. The van der Waals surface area contributed by atoms with Crippen molar-refractivity contribution in [3.63, 3.8) is 0 Å². The molecule has 5 heterocycles. The van der Waals surface area contributed by atoms with E-state index in [9.17, 15) is 0 Å². The number of rotatable bonds is 2. The van der Waals surface area contributed by atoms with E-state index in [4.69, 9.17) is 108 Å². The van der Waals surface area contributed by atoms with E-state index in [1.54, 1.807) is 44.6 Å². The molecule has 0 spiro atoms. The highest BCUT2D eigenvalue weighted by molar-refractivity contribution is 14.1. The van der Waals surface area contributed by atoms with E-state index < -0.39 is 0 Å². The Morgan fingerprint density at radius 3 is 1.32 bits per heavy atom. The summed E-state index contributed by atoms with van der Waals surface area (Å²) in [4.78, 5) is 20.9. The summed E-state index contributed by atoms with van der Waals surface area (Å²) in [6.45, 7) is 0. The van der Waals surface area contributed by atoms with Crippen LogP contribution in [0.4, 0.5) is 0 Å². The molecule has 0 N–H and O–H groups in total. The van der Waals surface area contributed by atoms with Crippen LogP contribution in [-0.2, 0) is 32.1 Å². The van der Waals surface area contributed by atoms with Crippen molar-refractivity contribution in [1.82, 2.24) is 24.9 Å². The number of nitrogens with zero attached hydrogens (tertiary/aromatic N) is 6. The standard InChI is InChI=1S/C10H7ClN2O.C9H7ClINO.2C8H4Cl2IN.C8H5Cl2N/c1-14-8-4-9(11)13-7-3-2-6(5-12)10(7)8;1-13-7-4-8(10)12-6-3-2-5(11)9(6)7;2*9-4-3-7(10)12-6-2-1-5(11)8(4)6;9-6-4-8(10)11-7-3-1-2-5(6)7/h2,4H,3H2,1H3;2,4H,3H2,1H3;2*1,3H,2H2;1-2,4H,3H2. The lowest BCUT2D eigenvalue weighted by Crippen LogP contribution is -1.95. The first-order chi connectivity index (χ1) is 29.6. The molecule has 318 valence electrons. The van der Waals surface area contributed by atoms with Crippen LogP contribution in [0.1, 0.15) is 56.3 Å². The molecule has 0 bridgehead atoms. The first kappa shape index (κ1) is 49.5. The third kappa shape index (κ3) is 11.9. The summed E-state index contributed by atoms with van der Waals surface area (Å²) < 4.78 is 13.9. The second kappa shape index (κ2) is 22.5. The van der Waals surface area contributed by atoms with E-state index in [0.717, 1.165) is 94.9 Å². The van der Waals surface area contributed by atoms with Gasteiger partial charge in [0.15, 0.2) is 0 Å². The predicted octanol–water partition coefficient (Wildman–Crippen LogP) is 15.7. The Balaban J connectivity index is 0.000000130. The molecule has 5 aromatic heterocycles. The second-order valence-corrected chi connectivity index (χ2v) is 19.7. The van der Waals surface area contributed by atoms with E-state index in [-0.39, 0.29) is 0 Å². The van der Waals surface area contributed by atoms with Crippen molar-refractivity contribution in [2.75, 3.05) is 14.2 Å². The molecular formula is C43H27Cl8I3N6O2. The van der Waals surface area contributed by atoms with Gasteiger partial charge in [-0.05, 0) is 86.0 Å². The molecule has 0 radical (unpaired) electrons. The predicted molar refractivity (Wildman–Crippen MR) is 282 cm³/mol. The lowest BCUT2D eigenvalue weighted by Gasteiger charge is -2.07. The maximum Gasteiger partial charge on any atom is 0.133 e. The Kier molecular flexibility index (Phi) is 18.0. The van der Waals surface area contributed by atoms with Crippen LogP contribution in [0.2, 0.25) is 40.8 Å². The summed E-state index contributed by atoms with van der Waals surface area (Å²) in [6, 6.07) is 10.5. The Labute approximate surface area is 439 Å². The van der Waals surface area contributed by atoms with Crippen molar-refractivity contribution < 1.29 is 9.47 Å². The molecule has 0 aliphatic heterocycles. The molecular weight excluding hydrogens is 1300 g/mol. The van der Waals surface area contributed by atoms with E-state index in [2.05, 4.69) is 117 Å². The van der Waals surface area contributed by atoms with Crippen LogP contribution in [-0.4, -0.2) is 39.1 Å². The number of fused-ring (bicyclic) bond motifs is 5. The van der Waals surface area contributed by atoms with E-state index in [1.807, 2.05) is 18.2 Å². The summed E-state index contributed by atoms with van der Waals surface area (Å²) in [5, 5.41) is 13.3. The summed E-state index contributed by atoms with van der Waals surface area (Å²) in [5.74, 6) is 1.43. The van der Waals surface area contributed by atoms with E-state index >= 15 is 0 Å². The number of aromatic nitrogens is 5. The normalized spacial score (nSPS) is 13.9. The SMILES string of the molecule is COc1cc(Cl)nc2c1C(C#N)=CC2.COc1cc(Cl)nc2c1C(I)=CC2.Clc1cc(Cl)c2c(n1)CC=C2.Clc1cc(Cl)c2c(n1)CC=C2I.Clc1cc(Cl)c2c(n1)CC=C2I. The van der Waals surface area contributed by atoms with Crippen LogP contribution in [0.5, 0.6) is 11.5 Å². The van der Waals surface area contributed by atoms with Crippen molar-refractivity contribution in [2.45, 2.75) is 32.1 Å². The maximum absolute atomic E-state index is 8.87. The number of hydrogen-bond acceptors (Lipinski definition) is 8. The van der Waals surface area contributed by atoms with Crippen LogP contribution in [0.25, 0.3) is 22.4 Å². The fraction of sp³-hybridized carbons (Fsp3) is 0.163. The average molecular weight is 1320 g/mol. The fourth-order valence-corrected chi connectivity index (χ4v) is 11.4. The molecule has 8 nitrogen and oxygen atoms in total. The van der Waals surface area contributed by atoms with Gasteiger partial charge < -0.3 is 9.47 Å². The van der Waals surface area contributed by atoms with Gasteiger partial charge >= 0.3 is 0 Å². The molecule has 62 heavy (non-hydrogen) atoms. The van der Waals surface area contributed by atoms with Crippen molar-refractivity contribution in [3.05, 3.63) is 158 Å². The minimum Gasteiger partial charge on any atom is -0.496 e. The zero-order chi connectivity index (χ0) is 44.8. The Morgan fingerprint density at radius 2 is 0.855 bits per heavy atom. The third-order valence-corrected chi connectivity index (χ3v) is 14.0. The summed E-state index contributed by atoms with van der Waals surface area (Å²) in [5.41, 5.74) is 10.3. The fourth-order valence-electron chi connectivity index (χ4n) is 6.53. The Bertz CT molecular complexity index is 2730. The molecule has 10 rings (SSSR count). The molecule has 0 atom stereocenters. The van der Waals surface area contributed by atoms with Gasteiger partial charge in [-0.1, -0.05) is 129 Å². The lowest BCUT2D eigenvalue weighted by atomic mass is 10.1. The van der Waals surface area contributed by atoms with Gasteiger partial charge in [-0.25, -0.2) is 24.9 Å². The molecule has 5 aliphatic rings. The van der Waals surface area contributed by atoms with Crippen molar-refractivity contribution in [2.24, 2.45) is 0 Å². The van der Waals surface area contributed by atoms with Gasteiger partial charge in [0.1, 0.15) is 37.3 Å². The summed E-state index contributed by atoms with van der Waals surface area (Å²) >= 11 is 53.5. The van der Waals surface area contributed by atoms with Crippen LogP contribution >= 0.6 is 161 Å². The minimum atomic E-state index is 0.396. The van der Waals surface area contributed by atoms with Gasteiger partial charge in [0.05, 0.1) is 80.5 Å². The molecule has 0 saturated heterocycles. The van der Waals surface area contributed by atoms with Crippen molar-refractivity contribution >= 4 is 183 Å². The van der Waals surface area contributed by atoms with E-state index in [1.165, 1.54) is 3.58 Å². The Morgan fingerprint density at radius 1 is 0.484 bits per heavy atom. The number of methoxy groups -OCH3 is 2. The molecule has 0 fully saturated rings. The molecule has 19 heteroatoms. The van der Waals surface area contributed by atoms with Gasteiger partial charge in [0.25, 0.3) is 0 Å². The van der Waals surface area contributed by atoms with Crippen LogP contribution in [0, 0.1) is 11.3 Å². The highest BCUT2D eigenvalue weighted by atomic mass is 127. The largest absolute Gasteiger partial charge is 0.496 e. The first-order valence-corrected chi connectivity index (χ1v) is 24.2. The summed E-state index contributed by atoms with van der Waals surface area (Å²) in [7, 11) is 3.20.